The standard InChI is InChI=1S/C16H16FNO2/c1-19-15-4-2-3-12-7-11(10-20-16(12)15)8-14-6-5-13(17)9-18-14/h2-6,9,11H,7-8,10H2,1H3. The molecule has 0 aliphatic carbocycles. The van der Waals surface area contributed by atoms with E-state index in [1.807, 2.05) is 12.1 Å². The van der Waals surface area contributed by atoms with Crippen LogP contribution in [0.2, 0.25) is 0 Å². The van der Waals surface area contributed by atoms with Crippen LogP contribution >= 0.6 is 0 Å². The van der Waals surface area contributed by atoms with Crippen molar-refractivity contribution in [1.82, 2.24) is 4.98 Å². The van der Waals surface area contributed by atoms with E-state index in [1.165, 1.54) is 12.3 Å². The first-order valence-electron chi connectivity index (χ1n) is 6.65. The normalized spacial score (nSPS) is 17.2. The number of rotatable bonds is 3. The zero-order chi connectivity index (χ0) is 13.9. The van der Waals surface area contributed by atoms with Gasteiger partial charge in [-0.3, -0.25) is 4.98 Å². The Bertz CT molecular complexity index is 598. The van der Waals surface area contributed by atoms with Crippen LogP contribution in [0.1, 0.15) is 11.3 Å². The number of aromatic nitrogens is 1. The fraction of sp³-hybridized carbons (Fsp3) is 0.312. The second kappa shape index (κ2) is 5.49. The molecule has 3 rings (SSSR count). The minimum absolute atomic E-state index is 0.302. The molecule has 1 atom stereocenters. The Morgan fingerprint density at radius 2 is 2.25 bits per heavy atom. The highest BCUT2D eigenvalue weighted by Gasteiger charge is 2.23. The Morgan fingerprint density at radius 3 is 3.00 bits per heavy atom. The highest BCUT2D eigenvalue weighted by atomic mass is 19.1. The lowest BCUT2D eigenvalue weighted by atomic mass is 9.92. The minimum atomic E-state index is -0.302. The molecule has 0 bridgehead atoms. The van der Waals surface area contributed by atoms with Gasteiger partial charge in [0.15, 0.2) is 11.5 Å². The van der Waals surface area contributed by atoms with E-state index in [4.69, 9.17) is 9.47 Å². The summed E-state index contributed by atoms with van der Waals surface area (Å²) in [5, 5.41) is 0. The summed E-state index contributed by atoms with van der Waals surface area (Å²) in [5.74, 6) is 1.68. The molecule has 0 saturated heterocycles. The van der Waals surface area contributed by atoms with Crippen molar-refractivity contribution < 1.29 is 13.9 Å². The van der Waals surface area contributed by atoms with Gasteiger partial charge in [0, 0.05) is 11.6 Å². The second-order valence-corrected chi connectivity index (χ2v) is 5.00. The lowest BCUT2D eigenvalue weighted by Gasteiger charge is -2.26. The Kier molecular flexibility index (Phi) is 3.54. The van der Waals surface area contributed by atoms with E-state index in [0.717, 1.165) is 35.6 Å². The molecule has 1 aliphatic heterocycles. The van der Waals surface area contributed by atoms with Crippen LogP contribution in [0.25, 0.3) is 0 Å². The number of halogens is 1. The van der Waals surface area contributed by atoms with Gasteiger partial charge in [-0.15, -0.1) is 0 Å². The van der Waals surface area contributed by atoms with Gasteiger partial charge in [0.25, 0.3) is 0 Å². The van der Waals surface area contributed by atoms with E-state index >= 15 is 0 Å². The fourth-order valence-electron chi connectivity index (χ4n) is 2.57. The maximum Gasteiger partial charge on any atom is 0.164 e. The molecule has 1 unspecified atom stereocenters. The molecule has 0 N–H and O–H groups in total. The Balaban J connectivity index is 1.74. The van der Waals surface area contributed by atoms with E-state index in [-0.39, 0.29) is 5.82 Å². The van der Waals surface area contributed by atoms with Crippen molar-refractivity contribution in [2.45, 2.75) is 12.8 Å². The van der Waals surface area contributed by atoms with Gasteiger partial charge in [0.2, 0.25) is 0 Å². The van der Waals surface area contributed by atoms with Crippen LogP contribution in [0, 0.1) is 11.7 Å². The van der Waals surface area contributed by atoms with Gasteiger partial charge in [0.05, 0.1) is 19.9 Å². The smallest absolute Gasteiger partial charge is 0.164 e. The van der Waals surface area contributed by atoms with Crippen LogP contribution in [0.5, 0.6) is 11.5 Å². The molecule has 4 heteroatoms. The lowest BCUT2D eigenvalue weighted by Crippen LogP contribution is -2.23. The summed E-state index contributed by atoms with van der Waals surface area (Å²) in [5.41, 5.74) is 2.05. The molecular weight excluding hydrogens is 257 g/mol. The van der Waals surface area contributed by atoms with E-state index < -0.39 is 0 Å². The molecule has 1 aromatic carbocycles. The lowest BCUT2D eigenvalue weighted by molar-refractivity contribution is 0.210. The molecular formula is C16H16FNO2. The number of hydrogen-bond acceptors (Lipinski definition) is 3. The van der Waals surface area contributed by atoms with E-state index in [0.29, 0.717) is 12.5 Å². The average Bonchev–Trinajstić information content (AvgIpc) is 2.49. The Labute approximate surface area is 117 Å². The second-order valence-electron chi connectivity index (χ2n) is 5.00. The zero-order valence-electron chi connectivity index (χ0n) is 11.3. The van der Waals surface area contributed by atoms with Crippen molar-refractivity contribution in [3.63, 3.8) is 0 Å². The van der Waals surface area contributed by atoms with Crippen LogP contribution in [-0.4, -0.2) is 18.7 Å². The van der Waals surface area contributed by atoms with E-state index in [2.05, 4.69) is 11.1 Å². The van der Waals surface area contributed by atoms with Crippen LogP contribution in [0.15, 0.2) is 36.5 Å². The molecule has 20 heavy (non-hydrogen) atoms. The molecule has 0 radical (unpaired) electrons. The number of fused-ring (bicyclic) bond motifs is 1. The summed E-state index contributed by atoms with van der Waals surface area (Å²) in [7, 11) is 1.65. The Hall–Kier alpha value is -2.10. The fourth-order valence-corrected chi connectivity index (χ4v) is 2.57. The highest BCUT2D eigenvalue weighted by molar-refractivity contribution is 5.47. The van der Waals surface area contributed by atoms with Crippen molar-refractivity contribution in [3.05, 3.63) is 53.6 Å². The zero-order valence-corrected chi connectivity index (χ0v) is 11.3. The van der Waals surface area contributed by atoms with Crippen LogP contribution in [0.4, 0.5) is 4.39 Å². The first-order chi connectivity index (χ1) is 9.76. The van der Waals surface area contributed by atoms with Crippen molar-refractivity contribution >= 4 is 0 Å². The number of ether oxygens (including phenoxy) is 2. The first kappa shape index (κ1) is 12.9. The number of benzene rings is 1. The SMILES string of the molecule is COc1cccc2c1OCC(Cc1ccc(F)cn1)C2. The maximum atomic E-state index is 12.8. The third kappa shape index (κ3) is 2.59. The van der Waals surface area contributed by atoms with Gasteiger partial charge >= 0.3 is 0 Å². The largest absolute Gasteiger partial charge is 0.493 e. The Morgan fingerprint density at radius 1 is 1.35 bits per heavy atom. The number of methoxy groups -OCH3 is 1. The van der Waals surface area contributed by atoms with Crippen LogP contribution < -0.4 is 9.47 Å². The third-order valence-electron chi connectivity index (χ3n) is 3.54. The summed E-state index contributed by atoms with van der Waals surface area (Å²) >= 11 is 0. The monoisotopic (exact) mass is 273 g/mol. The molecule has 0 spiro atoms. The predicted octanol–water partition coefficient (Wildman–Crippen LogP) is 3.02. The van der Waals surface area contributed by atoms with Crippen molar-refractivity contribution in [1.29, 1.82) is 0 Å². The van der Waals surface area contributed by atoms with Crippen LogP contribution in [0.3, 0.4) is 0 Å². The average molecular weight is 273 g/mol. The van der Waals surface area contributed by atoms with Gasteiger partial charge < -0.3 is 9.47 Å². The first-order valence-corrected chi connectivity index (χ1v) is 6.65. The third-order valence-corrected chi connectivity index (χ3v) is 3.54. The summed E-state index contributed by atoms with van der Waals surface area (Å²) in [6.45, 7) is 0.631. The van der Waals surface area contributed by atoms with Crippen molar-refractivity contribution in [3.8, 4) is 11.5 Å². The number of para-hydroxylation sites is 1. The van der Waals surface area contributed by atoms with Gasteiger partial charge in [-0.05, 0) is 36.6 Å². The summed E-state index contributed by atoms with van der Waals surface area (Å²) in [4.78, 5) is 4.11. The molecule has 1 aliphatic rings. The topological polar surface area (TPSA) is 31.4 Å². The maximum absolute atomic E-state index is 12.8. The number of hydrogen-bond donors (Lipinski definition) is 0. The number of nitrogens with zero attached hydrogens (tertiary/aromatic N) is 1. The minimum Gasteiger partial charge on any atom is -0.493 e. The van der Waals surface area contributed by atoms with E-state index in [1.54, 1.807) is 13.2 Å². The number of pyridine rings is 1. The van der Waals surface area contributed by atoms with Gasteiger partial charge in [-0.2, -0.15) is 0 Å². The molecule has 3 nitrogen and oxygen atoms in total. The van der Waals surface area contributed by atoms with Crippen molar-refractivity contribution in [2.24, 2.45) is 5.92 Å². The molecule has 104 valence electrons. The van der Waals surface area contributed by atoms with Gasteiger partial charge in [0.1, 0.15) is 5.82 Å². The summed E-state index contributed by atoms with van der Waals surface area (Å²) in [6.07, 6.45) is 2.97. The summed E-state index contributed by atoms with van der Waals surface area (Å²) < 4.78 is 24.0. The molecule has 2 heterocycles. The molecule has 0 amide bonds. The van der Waals surface area contributed by atoms with Gasteiger partial charge in [-0.1, -0.05) is 12.1 Å². The highest BCUT2D eigenvalue weighted by Crippen LogP contribution is 2.36. The van der Waals surface area contributed by atoms with Crippen molar-refractivity contribution in [2.75, 3.05) is 13.7 Å². The van der Waals surface area contributed by atoms with Gasteiger partial charge in [-0.25, -0.2) is 4.39 Å². The molecule has 0 saturated carbocycles. The summed E-state index contributed by atoms with van der Waals surface area (Å²) in [6, 6.07) is 9.11. The van der Waals surface area contributed by atoms with Crippen LogP contribution in [-0.2, 0) is 12.8 Å². The predicted molar refractivity (Wildman–Crippen MR) is 73.6 cm³/mol. The van der Waals surface area contributed by atoms with E-state index in [9.17, 15) is 4.39 Å². The molecule has 2 aromatic rings. The molecule has 1 aromatic heterocycles. The molecule has 0 fully saturated rings. The quantitative estimate of drug-likeness (QED) is 0.861.